The van der Waals surface area contributed by atoms with Crippen LogP contribution in [0.1, 0.15) is 65.7 Å². The number of pyridine rings is 1. The number of hydrogen-bond donors (Lipinski definition) is 1. The number of H-pyrrole nitrogens is 1. The normalized spacial score (nSPS) is 16.7. The third-order valence-corrected chi connectivity index (χ3v) is 5.34. The third-order valence-electron chi connectivity index (χ3n) is 5.34. The van der Waals surface area contributed by atoms with Gasteiger partial charge in [0, 0.05) is 18.7 Å². The quantitative estimate of drug-likeness (QED) is 0.516. The lowest BCUT2D eigenvalue weighted by Gasteiger charge is -2.32. The summed E-state index contributed by atoms with van der Waals surface area (Å²) in [6, 6.07) is 5.31. The Hall–Kier alpha value is -3.70. The number of alkyl halides is 3. The second-order valence-corrected chi connectivity index (χ2v) is 7.96. The number of halogens is 3. The summed E-state index contributed by atoms with van der Waals surface area (Å²) in [5.74, 6) is -1.31. The van der Waals surface area contributed by atoms with Gasteiger partial charge in [0.25, 0.3) is 12.3 Å². The summed E-state index contributed by atoms with van der Waals surface area (Å²) < 4.78 is 47.5. The first-order chi connectivity index (χ1) is 15.2. The van der Waals surface area contributed by atoms with E-state index in [4.69, 9.17) is 4.42 Å². The Kier molecular flexibility index (Phi) is 4.53. The van der Waals surface area contributed by atoms with E-state index in [1.807, 2.05) is 0 Å². The SMILES string of the molecule is CC(C)(F)c1nnc(C(=O)N2CCc3[nH]cnc3[C@H]2c2cc3cccc(C(F)F)n3n2)o1. The zero-order chi connectivity index (χ0) is 22.6. The van der Waals surface area contributed by atoms with Crippen molar-refractivity contribution < 1.29 is 22.4 Å². The molecule has 1 amide bonds. The van der Waals surface area contributed by atoms with Crippen LogP contribution < -0.4 is 0 Å². The monoisotopic (exact) mass is 445 g/mol. The van der Waals surface area contributed by atoms with Gasteiger partial charge in [-0.15, -0.1) is 10.2 Å². The summed E-state index contributed by atoms with van der Waals surface area (Å²) in [5, 5.41) is 11.7. The second kappa shape index (κ2) is 7.18. The van der Waals surface area contributed by atoms with E-state index in [-0.39, 0.29) is 24.0 Å². The van der Waals surface area contributed by atoms with Crippen LogP contribution in [-0.4, -0.2) is 47.1 Å². The van der Waals surface area contributed by atoms with E-state index >= 15 is 0 Å². The average molecular weight is 445 g/mol. The topological polar surface area (TPSA) is 105 Å². The molecule has 1 aliphatic rings. The molecule has 12 heteroatoms. The number of fused-ring (bicyclic) bond motifs is 2. The average Bonchev–Trinajstić information content (AvgIpc) is 3.50. The standard InChI is InChI=1S/C20H18F3N7O2/c1-20(2,23)19-27-26-17(32-19)18(31)29-7-6-11-14(25-9-24-11)15(29)12-8-10-4-3-5-13(16(21)22)30(10)28-12/h3-5,8-9,15-16H,6-7H2,1-2H3,(H,24,25)/t15-/m1/s1. The molecular formula is C20H18F3N7O2. The van der Waals surface area contributed by atoms with Gasteiger partial charge in [0.15, 0.2) is 5.67 Å². The number of imidazole rings is 1. The van der Waals surface area contributed by atoms with Gasteiger partial charge in [-0.05, 0) is 32.0 Å². The van der Waals surface area contributed by atoms with Crippen molar-refractivity contribution in [2.45, 2.75) is 38.4 Å². The number of hydrogen-bond acceptors (Lipinski definition) is 6. The Morgan fingerprint density at radius 2 is 2.12 bits per heavy atom. The summed E-state index contributed by atoms with van der Waals surface area (Å²) in [6.45, 7) is 2.74. The fraction of sp³-hybridized carbons (Fsp3) is 0.350. The maximum Gasteiger partial charge on any atom is 0.312 e. The van der Waals surface area contributed by atoms with Crippen LogP contribution in [0, 0.1) is 0 Å². The van der Waals surface area contributed by atoms with Crippen molar-refractivity contribution in [1.29, 1.82) is 0 Å². The second-order valence-electron chi connectivity index (χ2n) is 7.96. The molecular weight excluding hydrogens is 427 g/mol. The molecule has 5 rings (SSSR count). The van der Waals surface area contributed by atoms with E-state index in [1.165, 1.54) is 37.2 Å². The van der Waals surface area contributed by atoms with Crippen LogP contribution in [-0.2, 0) is 12.1 Å². The highest BCUT2D eigenvalue weighted by Crippen LogP contribution is 2.35. The van der Waals surface area contributed by atoms with Crippen molar-refractivity contribution in [3.05, 3.63) is 65.1 Å². The summed E-state index contributed by atoms with van der Waals surface area (Å²) in [7, 11) is 0. The van der Waals surface area contributed by atoms with E-state index < -0.39 is 24.0 Å². The zero-order valence-electron chi connectivity index (χ0n) is 17.1. The van der Waals surface area contributed by atoms with Crippen LogP contribution in [0.2, 0.25) is 0 Å². The Morgan fingerprint density at radius 3 is 2.84 bits per heavy atom. The lowest BCUT2D eigenvalue weighted by atomic mass is 9.99. The van der Waals surface area contributed by atoms with E-state index in [1.54, 1.807) is 12.1 Å². The number of nitrogens with zero attached hydrogens (tertiary/aromatic N) is 6. The van der Waals surface area contributed by atoms with Gasteiger partial charge < -0.3 is 14.3 Å². The van der Waals surface area contributed by atoms with E-state index in [0.29, 0.717) is 23.3 Å². The van der Waals surface area contributed by atoms with Gasteiger partial charge in [0.2, 0.25) is 0 Å². The molecule has 0 aromatic carbocycles. The minimum Gasteiger partial charge on any atom is -0.413 e. The van der Waals surface area contributed by atoms with Gasteiger partial charge in [-0.2, -0.15) is 5.10 Å². The minimum atomic E-state index is -2.72. The summed E-state index contributed by atoms with van der Waals surface area (Å²) in [6.07, 6.45) is -0.747. The molecule has 0 unspecified atom stereocenters. The Morgan fingerprint density at radius 1 is 1.31 bits per heavy atom. The van der Waals surface area contributed by atoms with Gasteiger partial charge in [-0.25, -0.2) is 22.7 Å². The maximum absolute atomic E-state index is 14.1. The first-order valence-electron chi connectivity index (χ1n) is 9.87. The van der Waals surface area contributed by atoms with Gasteiger partial charge >= 0.3 is 11.8 Å². The molecule has 1 N–H and O–H groups in total. The van der Waals surface area contributed by atoms with Crippen LogP contribution in [0.3, 0.4) is 0 Å². The number of aromatic nitrogens is 6. The fourth-order valence-electron chi connectivity index (χ4n) is 3.82. The van der Waals surface area contributed by atoms with Crippen LogP contribution in [0.15, 0.2) is 35.0 Å². The molecule has 1 atom stereocenters. The predicted molar refractivity (Wildman–Crippen MR) is 104 cm³/mol. The Balaban J connectivity index is 1.60. The Bertz CT molecular complexity index is 1300. The Labute approximate surface area is 179 Å². The number of carbonyl (C=O) groups excluding carboxylic acids is 1. The number of amides is 1. The smallest absolute Gasteiger partial charge is 0.312 e. The van der Waals surface area contributed by atoms with E-state index in [2.05, 4.69) is 25.3 Å². The van der Waals surface area contributed by atoms with Crippen molar-refractivity contribution in [3.8, 4) is 0 Å². The molecule has 0 bridgehead atoms. The molecule has 4 aromatic rings. The van der Waals surface area contributed by atoms with E-state index in [0.717, 1.165) is 10.2 Å². The van der Waals surface area contributed by atoms with Crippen LogP contribution in [0.5, 0.6) is 0 Å². The van der Waals surface area contributed by atoms with Crippen LogP contribution >= 0.6 is 0 Å². The van der Waals surface area contributed by atoms with Crippen molar-refractivity contribution in [3.63, 3.8) is 0 Å². The zero-order valence-corrected chi connectivity index (χ0v) is 17.1. The number of carbonyl (C=O) groups is 1. The van der Waals surface area contributed by atoms with Gasteiger partial charge in [0.1, 0.15) is 11.7 Å². The van der Waals surface area contributed by atoms with Crippen LogP contribution in [0.25, 0.3) is 5.52 Å². The predicted octanol–water partition coefficient (Wildman–Crippen LogP) is 3.37. The fourth-order valence-corrected chi connectivity index (χ4v) is 3.82. The molecule has 0 radical (unpaired) electrons. The van der Waals surface area contributed by atoms with Gasteiger partial charge in [0.05, 0.1) is 23.2 Å². The largest absolute Gasteiger partial charge is 0.413 e. The molecule has 32 heavy (non-hydrogen) atoms. The van der Waals surface area contributed by atoms with Crippen molar-refractivity contribution >= 4 is 11.4 Å². The maximum atomic E-state index is 14.1. The van der Waals surface area contributed by atoms with E-state index in [9.17, 15) is 18.0 Å². The highest BCUT2D eigenvalue weighted by atomic mass is 19.3. The molecule has 4 aromatic heterocycles. The molecule has 5 heterocycles. The number of nitrogens with one attached hydrogen (secondary N) is 1. The highest BCUT2D eigenvalue weighted by molar-refractivity contribution is 5.90. The first kappa shape index (κ1) is 20.2. The lowest BCUT2D eigenvalue weighted by Crippen LogP contribution is -2.41. The molecule has 0 aliphatic carbocycles. The van der Waals surface area contributed by atoms with Gasteiger partial charge in [-0.3, -0.25) is 4.79 Å². The number of rotatable bonds is 4. The molecule has 0 saturated heterocycles. The third kappa shape index (κ3) is 3.22. The van der Waals surface area contributed by atoms with Crippen LogP contribution in [0.4, 0.5) is 13.2 Å². The molecule has 0 fully saturated rings. The molecule has 0 saturated carbocycles. The van der Waals surface area contributed by atoms with Crippen molar-refractivity contribution in [2.24, 2.45) is 0 Å². The lowest BCUT2D eigenvalue weighted by molar-refractivity contribution is 0.0635. The highest BCUT2D eigenvalue weighted by Gasteiger charge is 2.39. The molecule has 0 spiro atoms. The molecule has 9 nitrogen and oxygen atoms in total. The summed E-state index contributed by atoms with van der Waals surface area (Å²) in [5.41, 5.74) is -0.0258. The molecule has 1 aliphatic heterocycles. The minimum absolute atomic E-state index is 0.255. The number of aromatic amines is 1. The summed E-state index contributed by atoms with van der Waals surface area (Å²) in [4.78, 5) is 22.1. The summed E-state index contributed by atoms with van der Waals surface area (Å²) >= 11 is 0. The van der Waals surface area contributed by atoms with Crippen molar-refractivity contribution in [2.75, 3.05) is 6.54 Å². The van der Waals surface area contributed by atoms with Gasteiger partial charge in [-0.1, -0.05) is 6.07 Å². The van der Waals surface area contributed by atoms with Crippen molar-refractivity contribution in [1.82, 2.24) is 34.7 Å². The first-order valence-corrected chi connectivity index (χ1v) is 9.87. The molecule has 166 valence electrons.